The molecule has 0 saturated carbocycles. The van der Waals surface area contributed by atoms with Gasteiger partial charge in [-0.1, -0.05) is 64.0 Å². The van der Waals surface area contributed by atoms with Crippen LogP contribution in [-0.2, 0) is 24.4 Å². The van der Waals surface area contributed by atoms with E-state index in [0.29, 0.717) is 30.3 Å². The molecule has 2 unspecified atom stereocenters. The van der Waals surface area contributed by atoms with Crippen molar-refractivity contribution in [3.05, 3.63) is 53.6 Å². The lowest BCUT2D eigenvalue weighted by Gasteiger charge is -2.42. The number of hydrogen-bond donors (Lipinski definition) is 0. The second kappa shape index (κ2) is 15.6. The summed E-state index contributed by atoms with van der Waals surface area (Å²) < 4.78 is 33.6. The number of unbranched alkanes of at least 4 members (excludes halogenated alkanes) is 7. The predicted octanol–water partition coefficient (Wildman–Crippen LogP) is 7.12. The molecule has 0 N–H and O–H groups in total. The first-order valence-corrected chi connectivity index (χ1v) is 13.8. The Morgan fingerprint density at radius 2 is 1.47 bits per heavy atom. The molecule has 0 aliphatic carbocycles. The number of rotatable bonds is 17. The van der Waals surface area contributed by atoms with Gasteiger partial charge >= 0.3 is 5.97 Å². The number of esters is 1. The van der Waals surface area contributed by atoms with E-state index in [-0.39, 0.29) is 19.6 Å². The Hall–Kier alpha value is -2.77. The molecule has 0 spiro atoms. The summed E-state index contributed by atoms with van der Waals surface area (Å²) in [4.78, 5) is 13.1. The minimum absolute atomic E-state index is 0.144. The third kappa shape index (κ3) is 8.37. The zero-order chi connectivity index (χ0) is 27.2. The summed E-state index contributed by atoms with van der Waals surface area (Å²) in [5.41, 5.74) is 1.24. The molecule has 0 saturated heterocycles. The van der Waals surface area contributed by atoms with Gasteiger partial charge < -0.3 is 28.4 Å². The highest BCUT2D eigenvalue weighted by molar-refractivity contribution is 5.70. The second-order valence-corrected chi connectivity index (χ2v) is 10.1. The first-order valence-electron chi connectivity index (χ1n) is 13.8. The van der Waals surface area contributed by atoms with Crippen molar-refractivity contribution < 1.29 is 33.2 Å². The van der Waals surface area contributed by atoms with Gasteiger partial charge in [0.15, 0.2) is 13.6 Å². The molecule has 1 heterocycles. The van der Waals surface area contributed by atoms with Crippen LogP contribution in [0.5, 0.6) is 17.2 Å². The molecule has 0 amide bonds. The van der Waals surface area contributed by atoms with Gasteiger partial charge in [0.1, 0.15) is 30.0 Å². The maximum absolute atomic E-state index is 13.1. The van der Waals surface area contributed by atoms with Crippen molar-refractivity contribution >= 4 is 5.97 Å². The summed E-state index contributed by atoms with van der Waals surface area (Å²) in [5, 5.41) is 0. The fourth-order valence-electron chi connectivity index (χ4n) is 4.80. The third-order valence-corrected chi connectivity index (χ3v) is 7.06. The van der Waals surface area contributed by atoms with Gasteiger partial charge in [0.2, 0.25) is 0 Å². The van der Waals surface area contributed by atoms with E-state index < -0.39 is 11.5 Å². The van der Waals surface area contributed by atoms with Crippen molar-refractivity contribution in [2.45, 2.75) is 83.2 Å². The van der Waals surface area contributed by atoms with E-state index in [1.54, 1.807) is 14.2 Å². The van der Waals surface area contributed by atoms with Crippen LogP contribution in [0, 0.1) is 0 Å². The number of fused-ring (bicyclic) bond motifs is 1. The zero-order valence-electron chi connectivity index (χ0n) is 23.5. The highest BCUT2D eigenvalue weighted by Gasteiger charge is 2.45. The van der Waals surface area contributed by atoms with E-state index in [2.05, 4.69) is 13.8 Å². The molecule has 0 radical (unpaired) electrons. The molecule has 2 aromatic carbocycles. The van der Waals surface area contributed by atoms with Crippen molar-refractivity contribution in [1.29, 1.82) is 0 Å². The first kappa shape index (κ1) is 29.8. The average molecular weight is 529 g/mol. The molecule has 0 fully saturated rings. The molecule has 2 atom stereocenters. The Morgan fingerprint density at radius 1 is 0.868 bits per heavy atom. The van der Waals surface area contributed by atoms with Gasteiger partial charge in [0.25, 0.3) is 0 Å². The molecule has 210 valence electrons. The van der Waals surface area contributed by atoms with Crippen LogP contribution in [0.25, 0.3) is 0 Å². The normalized spacial score (nSPS) is 18.4. The number of carbonyl (C=O) groups is 1. The first-order chi connectivity index (χ1) is 18.5. The molecule has 2 aromatic rings. The number of hydrogen-bond acceptors (Lipinski definition) is 7. The minimum Gasteiger partial charge on any atom is -0.492 e. The summed E-state index contributed by atoms with van der Waals surface area (Å²) in [5.74, 6) is 1.82. The molecule has 3 rings (SSSR count). The van der Waals surface area contributed by atoms with E-state index in [0.717, 1.165) is 30.4 Å². The Labute approximate surface area is 227 Å². The number of benzene rings is 2. The van der Waals surface area contributed by atoms with Crippen molar-refractivity contribution in [2.24, 2.45) is 0 Å². The van der Waals surface area contributed by atoms with E-state index >= 15 is 0 Å². The number of methoxy groups -OCH3 is 2. The van der Waals surface area contributed by atoms with Crippen LogP contribution in [0.15, 0.2) is 42.5 Å². The fraction of sp³-hybridized carbons (Fsp3) is 0.581. The Bertz CT molecular complexity index is 975. The summed E-state index contributed by atoms with van der Waals surface area (Å²) in [6.45, 7) is 4.98. The van der Waals surface area contributed by atoms with E-state index in [1.165, 1.54) is 32.1 Å². The monoisotopic (exact) mass is 528 g/mol. The quantitative estimate of drug-likeness (QED) is 0.123. The van der Waals surface area contributed by atoms with Gasteiger partial charge in [0, 0.05) is 32.3 Å². The van der Waals surface area contributed by atoms with E-state index in [9.17, 15) is 4.79 Å². The van der Waals surface area contributed by atoms with Crippen molar-refractivity contribution in [1.82, 2.24) is 0 Å². The third-order valence-electron chi connectivity index (χ3n) is 7.06. The molecule has 0 aromatic heterocycles. The van der Waals surface area contributed by atoms with Gasteiger partial charge in [0.05, 0.1) is 5.41 Å². The molecule has 0 bridgehead atoms. The lowest BCUT2D eigenvalue weighted by atomic mass is 9.73. The molecular formula is C31H44O7. The number of carbonyl (C=O) groups excluding carboxylic acids is 1. The minimum atomic E-state index is -0.587. The maximum Gasteiger partial charge on any atom is 0.306 e. The topological polar surface area (TPSA) is 72.5 Å². The largest absolute Gasteiger partial charge is 0.492 e. The predicted molar refractivity (Wildman–Crippen MR) is 147 cm³/mol. The van der Waals surface area contributed by atoms with Crippen molar-refractivity contribution in [2.75, 3.05) is 34.4 Å². The van der Waals surface area contributed by atoms with Crippen LogP contribution < -0.4 is 14.2 Å². The molecule has 7 nitrogen and oxygen atoms in total. The highest BCUT2D eigenvalue weighted by Crippen LogP contribution is 2.48. The summed E-state index contributed by atoms with van der Waals surface area (Å²) in [6.07, 6.45) is 9.34. The van der Waals surface area contributed by atoms with Gasteiger partial charge in [-0.2, -0.15) is 0 Å². The standard InChI is InChI=1S/C31H44O7/c1-5-6-7-8-9-10-11-12-13-29(32)38-30-27-19-18-26(37-23-34-4)20-28(27)35-21-31(30,2)24-14-16-25(17-15-24)36-22-33-3/h14-20,30H,5-13,21-23H2,1-4H3. The van der Waals surface area contributed by atoms with Gasteiger partial charge in [-0.05, 0) is 43.2 Å². The molecular weight excluding hydrogens is 484 g/mol. The van der Waals surface area contributed by atoms with Crippen LogP contribution in [0.4, 0.5) is 0 Å². The Kier molecular flexibility index (Phi) is 12.2. The van der Waals surface area contributed by atoms with Gasteiger partial charge in [-0.3, -0.25) is 4.79 Å². The SMILES string of the molecule is CCCCCCCCCCC(=O)OC1c2ccc(OCOC)cc2OCC1(C)c1ccc(OCOC)cc1. The van der Waals surface area contributed by atoms with Crippen molar-refractivity contribution in [3.63, 3.8) is 0 Å². The van der Waals surface area contributed by atoms with Crippen LogP contribution in [0.2, 0.25) is 0 Å². The smallest absolute Gasteiger partial charge is 0.306 e. The summed E-state index contributed by atoms with van der Waals surface area (Å²) in [6, 6.07) is 13.4. The zero-order valence-corrected chi connectivity index (χ0v) is 23.5. The molecule has 1 aliphatic rings. The summed E-state index contributed by atoms with van der Waals surface area (Å²) in [7, 11) is 3.17. The molecule has 1 aliphatic heterocycles. The van der Waals surface area contributed by atoms with Gasteiger partial charge in [-0.25, -0.2) is 0 Å². The Morgan fingerprint density at radius 3 is 2.13 bits per heavy atom. The molecule has 38 heavy (non-hydrogen) atoms. The maximum atomic E-state index is 13.1. The molecule has 7 heteroatoms. The van der Waals surface area contributed by atoms with Crippen LogP contribution in [0.3, 0.4) is 0 Å². The Balaban J connectivity index is 1.72. The van der Waals surface area contributed by atoms with E-state index in [1.807, 2.05) is 42.5 Å². The highest BCUT2D eigenvalue weighted by atomic mass is 16.7. The van der Waals surface area contributed by atoms with Crippen LogP contribution in [0.1, 0.15) is 88.9 Å². The lowest BCUT2D eigenvalue weighted by molar-refractivity contribution is -0.155. The van der Waals surface area contributed by atoms with Crippen LogP contribution >= 0.6 is 0 Å². The average Bonchev–Trinajstić information content (AvgIpc) is 2.94. The van der Waals surface area contributed by atoms with Crippen LogP contribution in [-0.4, -0.2) is 40.4 Å². The summed E-state index contributed by atoms with van der Waals surface area (Å²) >= 11 is 0. The van der Waals surface area contributed by atoms with Gasteiger partial charge in [-0.15, -0.1) is 0 Å². The fourth-order valence-corrected chi connectivity index (χ4v) is 4.80. The number of ether oxygens (including phenoxy) is 6. The lowest BCUT2D eigenvalue weighted by Crippen LogP contribution is -2.42. The van der Waals surface area contributed by atoms with Crippen molar-refractivity contribution in [3.8, 4) is 17.2 Å². The van der Waals surface area contributed by atoms with E-state index in [4.69, 9.17) is 28.4 Å². The second-order valence-electron chi connectivity index (χ2n) is 10.1.